The molecule has 0 atom stereocenters. The van der Waals surface area contributed by atoms with Crippen LogP contribution >= 0.6 is 0 Å². The van der Waals surface area contributed by atoms with E-state index in [4.69, 9.17) is 0 Å². The van der Waals surface area contributed by atoms with Crippen LogP contribution in [0, 0.1) is 17.0 Å². The van der Waals surface area contributed by atoms with Crippen molar-refractivity contribution in [1.82, 2.24) is 0 Å². The van der Waals surface area contributed by atoms with E-state index in [1.165, 1.54) is 12.3 Å². The van der Waals surface area contributed by atoms with Crippen molar-refractivity contribution in [3.8, 4) is 5.75 Å². The van der Waals surface area contributed by atoms with Gasteiger partial charge in [-0.2, -0.15) is 0 Å². The number of hydrogen-bond donors (Lipinski definition) is 1. The molecule has 5 nitrogen and oxygen atoms in total. The van der Waals surface area contributed by atoms with Crippen LogP contribution in [0.3, 0.4) is 0 Å². The zero-order valence-electron chi connectivity index (χ0n) is 10.3. The maximum absolute atomic E-state index is 10.8. The second kappa shape index (κ2) is 5.30. The van der Waals surface area contributed by atoms with E-state index in [9.17, 15) is 15.2 Å². The highest BCUT2D eigenvalue weighted by Gasteiger charge is 2.10. The lowest BCUT2D eigenvalue weighted by molar-refractivity contribution is -0.385. The van der Waals surface area contributed by atoms with Gasteiger partial charge in [-0.3, -0.25) is 15.1 Å². The fraction of sp³-hybridized carbons (Fsp3) is 0.0714. The van der Waals surface area contributed by atoms with E-state index < -0.39 is 4.92 Å². The lowest BCUT2D eigenvalue weighted by atomic mass is 10.2. The summed E-state index contributed by atoms with van der Waals surface area (Å²) in [4.78, 5) is 14.5. The van der Waals surface area contributed by atoms with Gasteiger partial charge in [-0.05, 0) is 30.7 Å². The summed E-state index contributed by atoms with van der Waals surface area (Å²) in [5.74, 6) is 0.0508. The average Bonchev–Trinajstić information content (AvgIpc) is 2.38. The summed E-state index contributed by atoms with van der Waals surface area (Å²) in [7, 11) is 0. The van der Waals surface area contributed by atoms with Crippen LogP contribution in [0.4, 0.5) is 11.4 Å². The van der Waals surface area contributed by atoms with Gasteiger partial charge in [0.2, 0.25) is 0 Å². The van der Waals surface area contributed by atoms with Crippen molar-refractivity contribution in [3.05, 3.63) is 63.7 Å². The van der Waals surface area contributed by atoms with Gasteiger partial charge in [-0.1, -0.05) is 18.2 Å². The zero-order chi connectivity index (χ0) is 13.8. The second-order valence-electron chi connectivity index (χ2n) is 4.07. The maximum Gasteiger partial charge on any atom is 0.278 e. The van der Waals surface area contributed by atoms with Gasteiger partial charge in [-0.25, -0.2) is 0 Å². The van der Waals surface area contributed by atoms with Gasteiger partial charge in [0, 0.05) is 12.3 Å². The lowest BCUT2D eigenvalue weighted by Gasteiger charge is -2.00. The van der Waals surface area contributed by atoms with Gasteiger partial charge in [0.15, 0.2) is 0 Å². The Morgan fingerprint density at radius 1 is 1.26 bits per heavy atom. The third-order valence-electron chi connectivity index (χ3n) is 2.61. The third-order valence-corrected chi connectivity index (χ3v) is 2.61. The molecule has 0 heterocycles. The van der Waals surface area contributed by atoms with E-state index in [-0.39, 0.29) is 11.4 Å². The molecule has 2 aromatic rings. The molecule has 1 N–H and O–H groups in total. The summed E-state index contributed by atoms with van der Waals surface area (Å²) < 4.78 is 0. The number of nitro benzene ring substituents is 1. The maximum atomic E-state index is 10.8. The first-order valence-electron chi connectivity index (χ1n) is 5.65. The van der Waals surface area contributed by atoms with Gasteiger partial charge in [0.1, 0.15) is 11.4 Å². The highest BCUT2D eigenvalue weighted by atomic mass is 16.6. The summed E-state index contributed by atoms with van der Waals surface area (Å²) >= 11 is 0. The third kappa shape index (κ3) is 2.95. The molecule has 0 aliphatic rings. The Morgan fingerprint density at radius 2 is 2.00 bits per heavy atom. The Labute approximate surface area is 110 Å². The molecule has 0 aliphatic carbocycles. The predicted molar refractivity (Wildman–Crippen MR) is 73.2 cm³/mol. The Bertz CT molecular complexity index is 651. The first-order chi connectivity index (χ1) is 9.08. The molecule has 0 radical (unpaired) electrons. The topological polar surface area (TPSA) is 75.7 Å². The standard InChI is InChI=1S/C14H12N2O3/c1-10-6-7-12(14(17)8-10)15-9-11-4-2-3-5-13(11)16(18)19/h2-9,17H,1H3. The van der Waals surface area contributed by atoms with Gasteiger partial charge in [0.25, 0.3) is 5.69 Å². The van der Waals surface area contributed by atoms with Crippen LogP contribution in [0.1, 0.15) is 11.1 Å². The number of benzene rings is 2. The Morgan fingerprint density at radius 3 is 2.68 bits per heavy atom. The summed E-state index contributed by atoms with van der Waals surface area (Å²) in [6, 6.07) is 11.4. The minimum atomic E-state index is -0.462. The molecule has 0 saturated carbocycles. The molecule has 19 heavy (non-hydrogen) atoms. The Kier molecular flexibility index (Phi) is 3.56. The molecular formula is C14H12N2O3. The van der Waals surface area contributed by atoms with E-state index in [2.05, 4.69) is 4.99 Å². The van der Waals surface area contributed by atoms with Crippen molar-refractivity contribution in [2.45, 2.75) is 6.92 Å². The van der Waals surface area contributed by atoms with E-state index in [0.717, 1.165) is 5.56 Å². The normalized spacial score (nSPS) is 10.8. The fourth-order valence-electron chi connectivity index (χ4n) is 1.64. The number of aryl methyl sites for hydroxylation is 1. The summed E-state index contributed by atoms with van der Waals surface area (Å²) in [5.41, 5.74) is 1.68. The van der Waals surface area contributed by atoms with Crippen molar-refractivity contribution in [2.75, 3.05) is 0 Å². The monoisotopic (exact) mass is 256 g/mol. The van der Waals surface area contributed by atoms with Crippen LogP contribution in [-0.4, -0.2) is 16.2 Å². The largest absolute Gasteiger partial charge is 0.506 e. The molecular weight excluding hydrogens is 244 g/mol. The molecule has 0 saturated heterocycles. The minimum absolute atomic E-state index is 0.0159. The molecule has 0 aliphatic heterocycles. The number of nitrogens with zero attached hydrogens (tertiary/aromatic N) is 2. The molecule has 0 unspecified atom stereocenters. The van der Waals surface area contributed by atoms with Gasteiger partial charge < -0.3 is 5.11 Å². The summed E-state index contributed by atoms with van der Waals surface area (Å²) in [6.45, 7) is 1.86. The van der Waals surface area contributed by atoms with Crippen molar-refractivity contribution in [1.29, 1.82) is 0 Å². The SMILES string of the molecule is Cc1ccc(N=Cc2ccccc2[N+](=O)[O-])c(O)c1. The first kappa shape index (κ1) is 12.8. The quantitative estimate of drug-likeness (QED) is 0.519. The van der Waals surface area contributed by atoms with Crippen molar-refractivity contribution < 1.29 is 10.0 Å². The van der Waals surface area contributed by atoms with Crippen LogP contribution in [0.15, 0.2) is 47.5 Å². The minimum Gasteiger partial charge on any atom is -0.506 e. The number of hydrogen-bond acceptors (Lipinski definition) is 4. The summed E-state index contributed by atoms with van der Waals surface area (Å²) in [6.07, 6.45) is 1.38. The molecule has 0 amide bonds. The highest BCUT2D eigenvalue weighted by Crippen LogP contribution is 2.27. The van der Waals surface area contributed by atoms with Crippen LogP contribution in [-0.2, 0) is 0 Å². The Balaban J connectivity index is 2.35. The van der Waals surface area contributed by atoms with Crippen molar-refractivity contribution >= 4 is 17.6 Å². The first-order valence-corrected chi connectivity index (χ1v) is 5.65. The van der Waals surface area contributed by atoms with Crippen molar-refractivity contribution in [2.24, 2.45) is 4.99 Å². The van der Waals surface area contributed by atoms with Gasteiger partial charge in [0.05, 0.1) is 10.5 Å². The molecule has 0 aromatic heterocycles. The smallest absolute Gasteiger partial charge is 0.278 e. The fourth-order valence-corrected chi connectivity index (χ4v) is 1.64. The molecule has 0 spiro atoms. The number of para-hydroxylation sites is 1. The average molecular weight is 256 g/mol. The molecule has 0 bridgehead atoms. The number of aromatic hydroxyl groups is 1. The van der Waals surface area contributed by atoms with Crippen LogP contribution < -0.4 is 0 Å². The number of aliphatic imine (C=N–C) groups is 1. The zero-order valence-corrected chi connectivity index (χ0v) is 10.3. The molecule has 2 aromatic carbocycles. The van der Waals surface area contributed by atoms with Crippen LogP contribution in [0.2, 0.25) is 0 Å². The summed E-state index contributed by atoms with van der Waals surface area (Å²) in [5, 5.41) is 20.5. The van der Waals surface area contributed by atoms with Crippen LogP contribution in [0.25, 0.3) is 0 Å². The molecule has 2 rings (SSSR count). The molecule has 96 valence electrons. The Hall–Kier alpha value is -2.69. The van der Waals surface area contributed by atoms with Crippen molar-refractivity contribution in [3.63, 3.8) is 0 Å². The number of rotatable bonds is 3. The van der Waals surface area contributed by atoms with E-state index in [1.54, 1.807) is 30.3 Å². The number of phenols is 1. The molecule has 0 fully saturated rings. The van der Waals surface area contributed by atoms with E-state index in [1.807, 2.05) is 13.0 Å². The second-order valence-corrected chi connectivity index (χ2v) is 4.07. The van der Waals surface area contributed by atoms with Crippen LogP contribution in [0.5, 0.6) is 5.75 Å². The van der Waals surface area contributed by atoms with E-state index >= 15 is 0 Å². The van der Waals surface area contributed by atoms with Gasteiger partial charge in [-0.15, -0.1) is 0 Å². The highest BCUT2D eigenvalue weighted by molar-refractivity contribution is 5.87. The predicted octanol–water partition coefficient (Wildman–Crippen LogP) is 3.36. The lowest BCUT2D eigenvalue weighted by Crippen LogP contribution is -1.93. The number of nitro groups is 1. The van der Waals surface area contributed by atoms with Gasteiger partial charge >= 0.3 is 0 Å². The number of phenolic OH excluding ortho intramolecular Hbond substituents is 1. The molecule has 5 heteroatoms. The van der Waals surface area contributed by atoms with E-state index in [0.29, 0.717) is 11.3 Å².